The second kappa shape index (κ2) is 23.8. The number of rotatable bonds is 7. The first-order chi connectivity index (χ1) is 44.3. The predicted octanol–water partition coefficient (Wildman–Crippen LogP) is 24.3. The fraction of sp³-hybridized carbons (Fsp3) is 0. The molecule has 4 nitrogen and oxygen atoms in total. The lowest BCUT2D eigenvalue weighted by atomic mass is 9.97. The quantitative estimate of drug-likeness (QED) is 0.128. The molecule has 1 N–H and O–H groups in total. The third-order valence-electron chi connectivity index (χ3n) is 17.1. The fourth-order valence-electron chi connectivity index (χ4n) is 12.9. The summed E-state index contributed by atoms with van der Waals surface area (Å²) < 4.78 is 18.8. The van der Waals surface area contributed by atoms with Crippen molar-refractivity contribution < 1.29 is 9.68 Å². The molecule has 1 radical (unpaired) electrons. The van der Waals surface area contributed by atoms with Gasteiger partial charge in [-0.05, 0) is 200 Å². The monoisotopic (exact) mass is 1430 g/mol. The van der Waals surface area contributed by atoms with Gasteiger partial charge >= 0.3 is 7.69 Å². The van der Waals surface area contributed by atoms with E-state index in [4.69, 9.17) is 9.68 Å². The van der Waals surface area contributed by atoms with E-state index in [1.54, 1.807) is 0 Å². The summed E-state index contributed by atoms with van der Waals surface area (Å²) in [6, 6.07) is 104. The molecule has 0 spiro atoms. The first-order valence-electron chi connectivity index (χ1n) is 29.5. The standard InChI is InChI=1S/C40H24BrNS.C28H17BNO2S.C12H8BrI/c41-30-17-13-25(14-18-30)26-7-6-8-27(21-26)28-16-20-37-35(22-28)36-23-29-15-19-33-32-11-4-5-12-39(32)43-40(33)34(29)24-38(36)42(37)31-9-2-1-3-10-31;31-29-32-19-11-13-25-24(15-19)23-14-17-10-12-21-20-8-4-5-9-27(20)33-28(21)22(17)16-26(23)30(25)18-6-2-1-3-7-18;13-11-6-4-9(5-7-11)10-2-1-3-12(14)8-10/h1-24H;1-16,31H;1-8H. The van der Waals surface area contributed by atoms with E-state index in [1.165, 1.54) is 126 Å². The molecule has 90 heavy (non-hydrogen) atoms. The van der Waals surface area contributed by atoms with Crippen molar-refractivity contribution in [2.45, 2.75) is 0 Å². The van der Waals surface area contributed by atoms with Gasteiger partial charge in [-0.2, -0.15) is 0 Å². The van der Waals surface area contributed by atoms with Gasteiger partial charge in [-0.15, -0.1) is 22.7 Å². The van der Waals surface area contributed by atoms with Crippen LogP contribution in [-0.4, -0.2) is 21.8 Å². The van der Waals surface area contributed by atoms with Crippen molar-refractivity contribution in [3.63, 3.8) is 0 Å². The zero-order chi connectivity index (χ0) is 60.4. The van der Waals surface area contributed by atoms with Crippen LogP contribution in [0, 0.1) is 3.57 Å². The Balaban J connectivity index is 0.000000121. The molecule has 0 bridgehead atoms. The molecule has 0 aliphatic heterocycles. The Bertz CT molecular complexity index is 5790. The maximum Gasteiger partial charge on any atom is 0.569 e. The van der Waals surface area contributed by atoms with Crippen LogP contribution in [0.2, 0.25) is 0 Å². The molecule has 18 rings (SSSR count). The number of hydrogen-bond acceptors (Lipinski definition) is 4. The van der Waals surface area contributed by atoms with Gasteiger partial charge in [0.1, 0.15) is 5.75 Å². The summed E-state index contributed by atoms with van der Waals surface area (Å²) >= 11 is 13.1. The maximum atomic E-state index is 9.14. The lowest BCUT2D eigenvalue weighted by molar-refractivity contribution is 0.454. The number of benzene rings is 14. The average molecular weight is 1430 g/mol. The van der Waals surface area contributed by atoms with Crippen molar-refractivity contribution in [1.29, 1.82) is 0 Å². The van der Waals surface area contributed by atoms with Gasteiger partial charge in [-0.3, -0.25) is 0 Å². The largest absolute Gasteiger partial charge is 0.569 e. The molecule has 0 saturated heterocycles. The Morgan fingerprint density at radius 3 is 1.28 bits per heavy atom. The van der Waals surface area contributed by atoms with Crippen molar-refractivity contribution in [1.82, 2.24) is 9.13 Å². The number of aromatic nitrogens is 2. The summed E-state index contributed by atoms with van der Waals surface area (Å²) in [6.07, 6.45) is 0. The molecule has 18 aromatic rings. The van der Waals surface area contributed by atoms with Gasteiger partial charge in [-0.1, -0.05) is 190 Å². The summed E-state index contributed by atoms with van der Waals surface area (Å²) in [5.74, 6) is 0.608. The third kappa shape index (κ3) is 10.3. The topological polar surface area (TPSA) is 39.3 Å². The molecular weight excluding hydrogens is 1380 g/mol. The first-order valence-corrected chi connectivity index (χ1v) is 33.8. The summed E-state index contributed by atoms with van der Waals surface area (Å²) in [7, 11) is 0.727. The number of para-hydroxylation sites is 2. The van der Waals surface area contributed by atoms with E-state index < -0.39 is 0 Å². The summed E-state index contributed by atoms with van der Waals surface area (Å²) in [5.41, 5.74) is 14.4. The second-order valence-corrected chi connectivity index (χ2v) is 27.5. The fourth-order valence-corrected chi connectivity index (χ4v) is 16.4. The van der Waals surface area contributed by atoms with Crippen LogP contribution in [0.5, 0.6) is 5.75 Å². The Hall–Kier alpha value is -8.85. The van der Waals surface area contributed by atoms with Crippen molar-refractivity contribution in [3.05, 3.63) is 304 Å². The Kier molecular flexibility index (Phi) is 14.9. The highest BCUT2D eigenvalue weighted by Crippen LogP contribution is 2.45. The van der Waals surface area contributed by atoms with E-state index in [1.807, 2.05) is 40.9 Å². The van der Waals surface area contributed by atoms with Crippen LogP contribution < -0.4 is 4.65 Å². The van der Waals surface area contributed by atoms with E-state index in [0.29, 0.717) is 5.75 Å². The molecule has 0 amide bonds. The van der Waals surface area contributed by atoms with E-state index >= 15 is 0 Å². The van der Waals surface area contributed by atoms with Gasteiger partial charge in [-0.25, -0.2) is 0 Å². The zero-order valence-electron chi connectivity index (χ0n) is 48.0. The number of halogens is 3. The number of fused-ring (bicyclic) bond motifs is 16. The summed E-state index contributed by atoms with van der Waals surface area (Å²) in [6.45, 7) is 0. The third-order valence-corrected chi connectivity index (χ3v) is 21.2. The van der Waals surface area contributed by atoms with Crippen LogP contribution in [0.25, 0.3) is 150 Å². The minimum Gasteiger partial charge on any atom is -0.537 e. The smallest absolute Gasteiger partial charge is 0.537 e. The summed E-state index contributed by atoms with van der Waals surface area (Å²) in [4.78, 5) is 0. The lowest BCUT2D eigenvalue weighted by Crippen LogP contribution is -1.99. The van der Waals surface area contributed by atoms with Gasteiger partial charge in [0, 0.05) is 96.6 Å². The highest BCUT2D eigenvalue weighted by molar-refractivity contribution is 14.1. The van der Waals surface area contributed by atoms with E-state index in [-0.39, 0.29) is 0 Å². The normalized spacial score (nSPS) is 11.6. The second-order valence-electron chi connectivity index (χ2n) is 22.3. The SMILES string of the molecule is Brc1ccc(-c2cccc(-c3ccc4c(c3)c3cc5ccc6c7ccccc7sc6c5cc3n4-c3ccccc3)c2)cc1.Brc1ccc(-c2cccc(I)c2)cc1.O[B]Oc1ccc2c(c1)c1cc3ccc4c5ccccc5sc4c3cc1n2-c1ccccc1. The first kappa shape index (κ1) is 56.4. The van der Waals surface area contributed by atoms with E-state index in [0.717, 1.165) is 44.1 Å². The lowest BCUT2D eigenvalue weighted by Gasteiger charge is -2.09. The summed E-state index contributed by atoms with van der Waals surface area (Å²) in [5, 5.41) is 24.3. The molecule has 4 heterocycles. The molecule has 4 aromatic heterocycles. The minimum atomic E-state index is 0.608. The van der Waals surface area contributed by atoms with Gasteiger partial charge < -0.3 is 18.8 Å². The highest BCUT2D eigenvalue weighted by atomic mass is 127. The van der Waals surface area contributed by atoms with Crippen LogP contribution >= 0.6 is 77.1 Å². The molecule has 0 atom stereocenters. The van der Waals surface area contributed by atoms with Crippen LogP contribution in [-0.2, 0) is 0 Å². The molecule has 10 heteroatoms. The van der Waals surface area contributed by atoms with Crippen molar-refractivity contribution >= 4 is 190 Å². The van der Waals surface area contributed by atoms with Crippen LogP contribution in [0.1, 0.15) is 0 Å². The van der Waals surface area contributed by atoms with Gasteiger partial charge in [0.05, 0.1) is 22.1 Å². The zero-order valence-corrected chi connectivity index (χ0v) is 55.0. The molecule has 0 saturated carbocycles. The predicted molar refractivity (Wildman–Crippen MR) is 402 cm³/mol. The van der Waals surface area contributed by atoms with Crippen LogP contribution in [0.3, 0.4) is 0 Å². The van der Waals surface area contributed by atoms with Crippen molar-refractivity contribution in [3.8, 4) is 50.5 Å². The molecule has 0 aliphatic rings. The number of thiophene rings is 2. The maximum absolute atomic E-state index is 9.14. The number of hydrogen-bond donors (Lipinski definition) is 1. The molecule has 0 aliphatic carbocycles. The Morgan fingerprint density at radius 1 is 0.322 bits per heavy atom. The Labute approximate surface area is 558 Å². The van der Waals surface area contributed by atoms with Gasteiger partial charge in [0.25, 0.3) is 0 Å². The minimum absolute atomic E-state index is 0.608. The number of nitrogens with zero attached hydrogens (tertiary/aromatic N) is 2. The molecule has 14 aromatic carbocycles. The van der Waals surface area contributed by atoms with Crippen LogP contribution in [0.4, 0.5) is 0 Å². The van der Waals surface area contributed by atoms with Crippen molar-refractivity contribution in [2.24, 2.45) is 0 Å². The van der Waals surface area contributed by atoms with Gasteiger partial charge in [0.2, 0.25) is 0 Å². The molecule has 0 fully saturated rings. The van der Waals surface area contributed by atoms with Gasteiger partial charge in [0.15, 0.2) is 0 Å². The van der Waals surface area contributed by atoms with Crippen molar-refractivity contribution in [2.75, 3.05) is 0 Å². The molecule has 427 valence electrons. The molecular formula is C80H49BBr2IN2O2S2. The highest BCUT2D eigenvalue weighted by Gasteiger charge is 2.19. The average Bonchev–Trinajstić information content (AvgIpc) is 1.59. The van der Waals surface area contributed by atoms with E-state index in [9.17, 15) is 0 Å². The Morgan fingerprint density at radius 2 is 0.756 bits per heavy atom. The van der Waals surface area contributed by atoms with E-state index in [2.05, 4.69) is 337 Å². The van der Waals surface area contributed by atoms with Crippen LogP contribution in [0.15, 0.2) is 300 Å². The molecule has 0 unspecified atom stereocenters.